The van der Waals surface area contributed by atoms with E-state index < -0.39 is 0 Å². The van der Waals surface area contributed by atoms with Crippen molar-refractivity contribution >= 4 is 5.91 Å². The first-order chi connectivity index (χ1) is 12.7. The van der Waals surface area contributed by atoms with Crippen molar-refractivity contribution in [3.63, 3.8) is 0 Å². The van der Waals surface area contributed by atoms with Crippen molar-refractivity contribution in [1.29, 1.82) is 0 Å². The average Bonchev–Trinajstić information content (AvgIpc) is 2.93. The molecule has 0 spiro atoms. The van der Waals surface area contributed by atoms with Crippen LogP contribution in [0.15, 0.2) is 23.1 Å². The molecule has 27 heavy (non-hydrogen) atoms. The van der Waals surface area contributed by atoms with Gasteiger partial charge < -0.3 is 9.88 Å². The first-order valence-electron chi connectivity index (χ1n) is 9.22. The van der Waals surface area contributed by atoms with E-state index >= 15 is 0 Å². The molecule has 1 N–H and O–H groups in total. The molecule has 2 aromatic rings. The highest BCUT2D eigenvalue weighted by Crippen LogP contribution is 2.45. The number of aryl methyl sites for hydroxylation is 1. The number of piperidine rings is 1. The Kier molecular flexibility index (Phi) is 4.14. The Morgan fingerprint density at radius 2 is 2.00 bits per heavy atom. The fourth-order valence-corrected chi connectivity index (χ4v) is 3.97. The Hall–Kier alpha value is -2.55. The van der Waals surface area contributed by atoms with Gasteiger partial charge in [-0.05, 0) is 50.0 Å². The quantitative estimate of drug-likeness (QED) is 0.812. The third kappa shape index (κ3) is 3.39. The van der Waals surface area contributed by atoms with E-state index in [-0.39, 0.29) is 28.6 Å². The van der Waals surface area contributed by atoms with Crippen LogP contribution < -0.4 is 10.9 Å². The van der Waals surface area contributed by atoms with Crippen LogP contribution in [-0.4, -0.2) is 54.7 Å². The van der Waals surface area contributed by atoms with Crippen LogP contribution >= 0.6 is 0 Å². The Labute approximate surface area is 157 Å². The summed E-state index contributed by atoms with van der Waals surface area (Å²) in [5.74, 6) is 1.30. The van der Waals surface area contributed by atoms with Gasteiger partial charge in [0, 0.05) is 30.9 Å². The van der Waals surface area contributed by atoms with Crippen LogP contribution in [-0.2, 0) is 19.1 Å². The maximum atomic E-state index is 12.6. The van der Waals surface area contributed by atoms with Crippen molar-refractivity contribution in [2.24, 2.45) is 18.9 Å². The van der Waals surface area contributed by atoms with Crippen LogP contribution in [0, 0.1) is 11.8 Å². The van der Waals surface area contributed by atoms with Crippen LogP contribution in [0.5, 0.6) is 0 Å². The lowest BCUT2D eigenvalue weighted by molar-refractivity contribution is 0.0940. The second-order valence-electron chi connectivity index (χ2n) is 8.48. The number of fused-ring (bicyclic) bond motifs is 1. The molecule has 1 saturated heterocycles. The van der Waals surface area contributed by atoms with Crippen molar-refractivity contribution in [3.05, 3.63) is 40.1 Å². The minimum absolute atomic E-state index is 0.145. The number of amides is 1. The van der Waals surface area contributed by atoms with E-state index in [1.807, 2.05) is 20.8 Å². The molecular formula is C18H25N7O2. The van der Waals surface area contributed by atoms with E-state index in [9.17, 15) is 9.59 Å². The normalized spacial score (nSPS) is 24.7. The van der Waals surface area contributed by atoms with Gasteiger partial charge in [-0.2, -0.15) is 4.80 Å². The molecule has 0 aromatic carbocycles. The predicted molar refractivity (Wildman–Crippen MR) is 98.0 cm³/mol. The predicted octanol–water partition coefficient (Wildman–Crippen LogP) is -0.0130. The van der Waals surface area contributed by atoms with Gasteiger partial charge in [0.15, 0.2) is 5.82 Å². The lowest BCUT2D eigenvalue weighted by Gasteiger charge is -2.23. The topological polar surface area (TPSA) is 97.9 Å². The van der Waals surface area contributed by atoms with E-state index in [0.717, 1.165) is 13.1 Å². The summed E-state index contributed by atoms with van der Waals surface area (Å²) >= 11 is 0. The molecule has 9 heteroatoms. The largest absolute Gasteiger partial charge is 0.348 e. The fraction of sp³-hybridized carbons (Fsp3) is 0.611. The van der Waals surface area contributed by atoms with Crippen LogP contribution in [0.3, 0.4) is 0 Å². The van der Waals surface area contributed by atoms with Gasteiger partial charge in [0.05, 0.1) is 13.6 Å². The van der Waals surface area contributed by atoms with Crippen molar-refractivity contribution in [2.75, 3.05) is 13.1 Å². The molecule has 4 rings (SSSR count). The number of hydrogen-bond donors (Lipinski definition) is 1. The number of carbonyl (C=O) groups excluding carboxylic acids is 1. The summed E-state index contributed by atoms with van der Waals surface area (Å²) in [6, 6.07) is 3.50. The van der Waals surface area contributed by atoms with E-state index in [1.54, 1.807) is 29.9 Å². The number of rotatable bonds is 4. The molecule has 2 fully saturated rings. The Morgan fingerprint density at radius 1 is 1.30 bits per heavy atom. The fourth-order valence-electron chi connectivity index (χ4n) is 3.97. The molecule has 1 saturated carbocycles. The highest BCUT2D eigenvalue weighted by Gasteiger charge is 2.56. The van der Waals surface area contributed by atoms with Crippen LogP contribution in [0.25, 0.3) is 0 Å². The number of hydrogen-bond acceptors (Lipinski definition) is 6. The highest BCUT2D eigenvalue weighted by atomic mass is 16.2. The van der Waals surface area contributed by atoms with Gasteiger partial charge in [-0.15, -0.1) is 10.2 Å². The molecule has 0 radical (unpaired) electrons. The summed E-state index contributed by atoms with van der Waals surface area (Å²) in [5, 5.41) is 15.1. The summed E-state index contributed by atoms with van der Waals surface area (Å²) < 4.78 is 1.60. The summed E-state index contributed by atoms with van der Waals surface area (Å²) in [6.45, 7) is 8.31. The number of nitrogens with zero attached hydrogens (tertiary/aromatic N) is 6. The van der Waals surface area contributed by atoms with Crippen molar-refractivity contribution in [1.82, 2.24) is 35.0 Å². The van der Waals surface area contributed by atoms with Crippen LogP contribution in [0.2, 0.25) is 0 Å². The minimum Gasteiger partial charge on any atom is -0.348 e. The number of carbonyl (C=O) groups is 1. The molecule has 1 aliphatic carbocycles. The van der Waals surface area contributed by atoms with E-state index in [2.05, 4.69) is 25.6 Å². The van der Waals surface area contributed by atoms with Gasteiger partial charge in [-0.1, -0.05) is 0 Å². The zero-order chi connectivity index (χ0) is 19.3. The number of pyridine rings is 1. The van der Waals surface area contributed by atoms with Crippen molar-refractivity contribution < 1.29 is 4.79 Å². The SMILES string of the molecule is Cn1nnc(CN2C[C@@H]3C(NC(=O)c4cccn(C(C)(C)C)c4=O)[C@@H]3C2)n1. The summed E-state index contributed by atoms with van der Waals surface area (Å²) in [4.78, 5) is 29.0. The third-order valence-corrected chi connectivity index (χ3v) is 5.40. The summed E-state index contributed by atoms with van der Waals surface area (Å²) in [5.41, 5.74) is -0.403. The minimum atomic E-state index is -0.363. The molecule has 3 atom stereocenters. The second-order valence-corrected chi connectivity index (χ2v) is 8.48. The zero-order valence-electron chi connectivity index (χ0n) is 16.1. The van der Waals surface area contributed by atoms with E-state index in [4.69, 9.17) is 0 Å². The number of nitrogens with one attached hydrogen (secondary N) is 1. The lowest BCUT2D eigenvalue weighted by atomic mass is 10.1. The third-order valence-electron chi connectivity index (χ3n) is 5.40. The number of aromatic nitrogens is 5. The highest BCUT2D eigenvalue weighted by molar-refractivity contribution is 5.94. The molecule has 3 heterocycles. The number of tetrazole rings is 1. The summed E-state index contributed by atoms with van der Waals surface area (Å²) in [7, 11) is 1.75. The smallest absolute Gasteiger partial charge is 0.263 e. The van der Waals surface area contributed by atoms with Crippen molar-refractivity contribution in [3.8, 4) is 0 Å². The average molecular weight is 371 g/mol. The van der Waals surface area contributed by atoms with E-state index in [0.29, 0.717) is 24.2 Å². The van der Waals surface area contributed by atoms with Crippen molar-refractivity contribution in [2.45, 2.75) is 38.9 Å². The first kappa shape index (κ1) is 17.8. The Bertz CT molecular complexity index is 914. The summed E-state index contributed by atoms with van der Waals surface area (Å²) in [6.07, 6.45) is 1.73. The maximum Gasteiger partial charge on any atom is 0.263 e. The molecule has 2 aromatic heterocycles. The molecule has 1 unspecified atom stereocenters. The van der Waals surface area contributed by atoms with Crippen LogP contribution in [0.4, 0.5) is 0 Å². The molecular weight excluding hydrogens is 346 g/mol. The molecule has 2 aliphatic rings. The second kappa shape index (κ2) is 6.26. The zero-order valence-corrected chi connectivity index (χ0v) is 16.1. The van der Waals surface area contributed by atoms with Gasteiger partial charge >= 0.3 is 0 Å². The lowest BCUT2D eigenvalue weighted by Crippen LogP contribution is -2.40. The van der Waals surface area contributed by atoms with Gasteiger partial charge in [0.25, 0.3) is 11.5 Å². The molecule has 144 valence electrons. The first-order valence-corrected chi connectivity index (χ1v) is 9.22. The van der Waals surface area contributed by atoms with Gasteiger partial charge in [0.2, 0.25) is 0 Å². The molecule has 0 bridgehead atoms. The van der Waals surface area contributed by atoms with Crippen LogP contribution in [0.1, 0.15) is 37.0 Å². The van der Waals surface area contributed by atoms with Gasteiger partial charge in [0.1, 0.15) is 5.56 Å². The molecule has 9 nitrogen and oxygen atoms in total. The monoisotopic (exact) mass is 371 g/mol. The van der Waals surface area contributed by atoms with Gasteiger partial charge in [-0.25, -0.2) is 0 Å². The Morgan fingerprint density at radius 3 is 2.59 bits per heavy atom. The molecule has 1 aliphatic heterocycles. The number of likely N-dealkylation sites (tertiary alicyclic amines) is 1. The standard InChI is InChI=1S/C18H25N7O2/c1-18(2,3)25-7-5-6-11(17(25)27)16(26)19-15-12-8-24(9-13(12)15)10-14-20-22-23(4)21-14/h5-7,12-13,15H,8-10H2,1-4H3,(H,19,26)/t12-,13+,15?. The maximum absolute atomic E-state index is 12.6. The van der Waals surface area contributed by atoms with E-state index in [1.165, 1.54) is 4.80 Å². The Balaban J connectivity index is 1.36. The van der Waals surface area contributed by atoms with Gasteiger partial charge in [-0.3, -0.25) is 14.5 Å². The molecule has 1 amide bonds.